The average molecular weight is 464 g/mol. The summed E-state index contributed by atoms with van der Waals surface area (Å²) in [6.07, 6.45) is 0. The van der Waals surface area contributed by atoms with Gasteiger partial charge in [0.2, 0.25) is 5.88 Å². The fraction of sp³-hybridized carbons (Fsp3) is 0.385. The molecule has 1 aromatic heterocycles. The molecule has 2 atom stereocenters. The molecule has 2 amide bonds. The van der Waals surface area contributed by atoms with Crippen LogP contribution in [0.3, 0.4) is 0 Å². The van der Waals surface area contributed by atoms with Crippen molar-refractivity contribution in [1.29, 1.82) is 0 Å². The van der Waals surface area contributed by atoms with Gasteiger partial charge in [-0.2, -0.15) is 0 Å². The summed E-state index contributed by atoms with van der Waals surface area (Å²) in [7, 11) is 1.71. The molecular weight excluding hydrogens is 430 g/mol. The molecule has 1 aliphatic heterocycles. The highest BCUT2D eigenvalue weighted by molar-refractivity contribution is 5.90. The lowest BCUT2D eigenvalue weighted by Crippen LogP contribution is -2.42. The van der Waals surface area contributed by atoms with Crippen LogP contribution in [-0.4, -0.2) is 66.7 Å². The Labute approximate surface area is 200 Å². The van der Waals surface area contributed by atoms with Gasteiger partial charge in [0.1, 0.15) is 5.82 Å². The summed E-state index contributed by atoms with van der Waals surface area (Å²) in [5.41, 5.74) is 2.85. The molecule has 3 aromatic rings. The van der Waals surface area contributed by atoms with Crippen LogP contribution < -0.4 is 15.4 Å². The van der Waals surface area contributed by atoms with Crippen LogP contribution in [0.4, 0.5) is 10.6 Å². The topological polar surface area (TPSA) is 80.6 Å². The zero-order chi connectivity index (χ0) is 23.9. The van der Waals surface area contributed by atoms with Gasteiger partial charge >= 0.3 is 6.03 Å². The second-order valence-corrected chi connectivity index (χ2v) is 8.43. The zero-order valence-corrected chi connectivity index (χ0v) is 20.0. The molecule has 0 aliphatic carbocycles. The fourth-order valence-corrected chi connectivity index (χ4v) is 4.44. The van der Waals surface area contributed by atoms with Gasteiger partial charge in [-0.1, -0.05) is 48.5 Å². The summed E-state index contributed by atoms with van der Waals surface area (Å²) < 4.78 is 12.7. The lowest BCUT2D eigenvalue weighted by atomic mass is 9.94. The van der Waals surface area contributed by atoms with E-state index in [-0.39, 0.29) is 18.0 Å². The molecule has 0 bridgehead atoms. The van der Waals surface area contributed by atoms with E-state index in [1.165, 1.54) is 5.56 Å². The second kappa shape index (κ2) is 11.2. The van der Waals surface area contributed by atoms with E-state index >= 15 is 0 Å². The number of carbonyl (C=O) groups excluding carboxylic acids is 1. The largest absolute Gasteiger partial charge is 0.477 e. The van der Waals surface area contributed by atoms with Gasteiger partial charge in [0, 0.05) is 32.7 Å². The van der Waals surface area contributed by atoms with Gasteiger partial charge in [-0.15, -0.1) is 5.10 Å². The molecule has 8 nitrogen and oxygen atoms in total. The highest BCUT2D eigenvalue weighted by atomic mass is 16.5. The first-order valence-electron chi connectivity index (χ1n) is 11.7. The molecule has 2 aromatic carbocycles. The summed E-state index contributed by atoms with van der Waals surface area (Å²) in [5, 5.41) is 10.8. The van der Waals surface area contributed by atoms with Crippen molar-refractivity contribution >= 4 is 11.8 Å². The molecule has 34 heavy (non-hydrogen) atoms. The number of aromatic nitrogens is 2. The predicted molar refractivity (Wildman–Crippen MR) is 133 cm³/mol. The minimum Gasteiger partial charge on any atom is -0.477 e. The third-order valence-electron chi connectivity index (χ3n) is 6.14. The smallest absolute Gasteiger partial charge is 0.320 e. The van der Waals surface area contributed by atoms with Gasteiger partial charge in [0.25, 0.3) is 0 Å². The SMILES string of the molecule is CCOc1nn(-c2ccccc2)c(NC(=O)N[C@@H]2CN(CCOC)CC2c2ccccc2)c1C. The van der Waals surface area contributed by atoms with Gasteiger partial charge in [0.15, 0.2) is 0 Å². The average Bonchev–Trinajstić information content (AvgIpc) is 3.40. The number of rotatable bonds is 9. The number of likely N-dealkylation sites (tertiary alicyclic amines) is 1. The van der Waals surface area contributed by atoms with Crippen LogP contribution in [0.1, 0.15) is 24.0 Å². The first-order chi connectivity index (χ1) is 16.6. The number of benzene rings is 2. The molecule has 1 aliphatic rings. The molecule has 2 heterocycles. The number of nitrogens with one attached hydrogen (secondary N) is 2. The van der Waals surface area contributed by atoms with Crippen molar-refractivity contribution in [2.24, 2.45) is 0 Å². The number of hydrogen-bond acceptors (Lipinski definition) is 5. The van der Waals surface area contributed by atoms with Crippen LogP contribution in [-0.2, 0) is 4.74 Å². The van der Waals surface area contributed by atoms with Crippen LogP contribution in [0.2, 0.25) is 0 Å². The fourth-order valence-electron chi connectivity index (χ4n) is 4.44. The number of hydrogen-bond donors (Lipinski definition) is 2. The lowest BCUT2D eigenvalue weighted by Gasteiger charge is -2.21. The van der Waals surface area contributed by atoms with Crippen LogP contribution in [0.25, 0.3) is 5.69 Å². The minimum absolute atomic E-state index is 0.0287. The number of nitrogens with zero attached hydrogens (tertiary/aromatic N) is 3. The van der Waals surface area contributed by atoms with E-state index in [9.17, 15) is 4.79 Å². The highest BCUT2D eigenvalue weighted by Gasteiger charge is 2.35. The third-order valence-corrected chi connectivity index (χ3v) is 6.14. The van der Waals surface area contributed by atoms with E-state index in [0.29, 0.717) is 24.9 Å². The van der Waals surface area contributed by atoms with Gasteiger partial charge in [-0.3, -0.25) is 10.2 Å². The predicted octanol–water partition coefficient (Wildman–Crippen LogP) is 3.82. The van der Waals surface area contributed by atoms with Crippen LogP contribution in [0.15, 0.2) is 60.7 Å². The number of para-hydroxylation sites is 1. The highest BCUT2D eigenvalue weighted by Crippen LogP contribution is 2.30. The van der Waals surface area contributed by atoms with E-state index in [1.807, 2.05) is 62.4 Å². The standard InChI is InChI=1S/C26H33N5O3/c1-4-34-25-19(2)24(31(29-25)21-13-9-6-10-14-21)28-26(32)27-23-18-30(15-16-33-3)17-22(23)20-11-7-5-8-12-20/h5-14,22-23H,4,15-18H2,1-3H3,(H2,27,28,32)/t22?,23-/m1/s1. The molecule has 4 rings (SSSR count). The Morgan fingerprint density at radius 3 is 2.47 bits per heavy atom. The van der Waals surface area contributed by atoms with Gasteiger partial charge in [-0.25, -0.2) is 9.48 Å². The summed E-state index contributed by atoms with van der Waals surface area (Å²) >= 11 is 0. The van der Waals surface area contributed by atoms with E-state index in [4.69, 9.17) is 9.47 Å². The van der Waals surface area contributed by atoms with Crippen LogP contribution in [0, 0.1) is 6.92 Å². The molecule has 2 N–H and O–H groups in total. The maximum Gasteiger partial charge on any atom is 0.320 e. The number of methoxy groups -OCH3 is 1. The van der Waals surface area contributed by atoms with Gasteiger partial charge in [0.05, 0.1) is 30.5 Å². The summed E-state index contributed by atoms with van der Waals surface area (Å²) in [4.78, 5) is 15.6. The first kappa shape index (κ1) is 23.8. The van der Waals surface area contributed by atoms with Crippen molar-refractivity contribution in [1.82, 2.24) is 20.0 Å². The van der Waals surface area contributed by atoms with Crippen LogP contribution >= 0.6 is 0 Å². The number of anilines is 1. The van der Waals surface area contributed by atoms with Gasteiger partial charge in [-0.05, 0) is 31.5 Å². The number of carbonyl (C=O) groups is 1. The monoisotopic (exact) mass is 463 g/mol. The third kappa shape index (κ3) is 5.40. The Hall–Kier alpha value is -3.36. The summed E-state index contributed by atoms with van der Waals surface area (Å²) in [5.74, 6) is 1.30. The number of ether oxygens (including phenoxy) is 2. The molecule has 1 unspecified atom stereocenters. The van der Waals surface area contributed by atoms with E-state index in [1.54, 1.807) is 11.8 Å². The molecular formula is C26H33N5O3. The Bertz CT molecular complexity index is 1070. The van der Waals surface area contributed by atoms with Crippen molar-refractivity contribution in [3.05, 3.63) is 71.8 Å². The quantitative estimate of drug-likeness (QED) is 0.504. The van der Waals surface area contributed by atoms with E-state index < -0.39 is 0 Å². The Balaban J connectivity index is 1.54. The molecule has 180 valence electrons. The minimum atomic E-state index is -0.261. The van der Waals surface area contributed by atoms with Crippen molar-refractivity contribution < 1.29 is 14.3 Å². The van der Waals surface area contributed by atoms with Crippen molar-refractivity contribution in [2.45, 2.75) is 25.8 Å². The Kier molecular flexibility index (Phi) is 7.82. The molecule has 0 saturated carbocycles. The normalized spacial score (nSPS) is 18.1. The molecule has 0 radical (unpaired) electrons. The summed E-state index contributed by atoms with van der Waals surface area (Å²) in [6, 6.07) is 19.8. The van der Waals surface area contributed by atoms with E-state index in [2.05, 4.69) is 32.8 Å². The lowest BCUT2D eigenvalue weighted by molar-refractivity contribution is 0.159. The van der Waals surface area contributed by atoms with Gasteiger partial charge < -0.3 is 14.8 Å². The molecule has 0 spiro atoms. The van der Waals surface area contributed by atoms with Crippen molar-refractivity contribution in [3.8, 4) is 11.6 Å². The molecule has 8 heteroatoms. The molecule has 1 fully saturated rings. The van der Waals surface area contributed by atoms with E-state index in [0.717, 1.165) is 30.9 Å². The Morgan fingerprint density at radius 2 is 1.79 bits per heavy atom. The first-order valence-corrected chi connectivity index (χ1v) is 11.7. The second-order valence-electron chi connectivity index (χ2n) is 8.43. The molecule has 1 saturated heterocycles. The number of urea groups is 1. The van der Waals surface area contributed by atoms with Crippen molar-refractivity contribution in [3.63, 3.8) is 0 Å². The van der Waals surface area contributed by atoms with Crippen LogP contribution in [0.5, 0.6) is 5.88 Å². The maximum atomic E-state index is 13.2. The maximum absolute atomic E-state index is 13.2. The Morgan fingerprint density at radius 1 is 1.09 bits per heavy atom. The number of amides is 2. The summed E-state index contributed by atoms with van der Waals surface area (Å²) in [6.45, 7) is 7.44. The van der Waals surface area contributed by atoms with Crippen molar-refractivity contribution in [2.75, 3.05) is 45.3 Å². The zero-order valence-electron chi connectivity index (χ0n) is 20.0.